The summed E-state index contributed by atoms with van der Waals surface area (Å²) in [5.74, 6) is 2.76. The van der Waals surface area contributed by atoms with Crippen LogP contribution in [0, 0.1) is 6.92 Å². The van der Waals surface area contributed by atoms with Crippen molar-refractivity contribution in [3.05, 3.63) is 46.9 Å². The Morgan fingerprint density at radius 2 is 1.87 bits per heavy atom. The third-order valence-corrected chi connectivity index (χ3v) is 4.45. The average molecular weight is 418 g/mol. The van der Waals surface area contributed by atoms with Gasteiger partial charge in [0.15, 0.2) is 17.5 Å². The molecule has 1 aromatic heterocycles. The van der Waals surface area contributed by atoms with E-state index in [4.69, 9.17) is 18.6 Å². The first-order valence-corrected chi connectivity index (χ1v) is 9.97. The number of methoxy groups -OCH3 is 1. The smallest absolute Gasteiger partial charge is 0.341 e. The normalized spacial score (nSPS) is 12.3. The highest BCUT2D eigenvalue weighted by molar-refractivity contribution is 5.90. The lowest BCUT2D eigenvalue weighted by molar-refractivity contribution is 0.0599. The van der Waals surface area contributed by atoms with Gasteiger partial charge < -0.3 is 29.3 Å². The van der Waals surface area contributed by atoms with Gasteiger partial charge >= 0.3 is 5.97 Å². The minimum atomic E-state index is -0.417. The van der Waals surface area contributed by atoms with Gasteiger partial charge in [0, 0.05) is 7.05 Å². The van der Waals surface area contributed by atoms with E-state index in [1.807, 2.05) is 39.0 Å². The summed E-state index contributed by atoms with van der Waals surface area (Å²) in [6.07, 6.45) is 0. The summed E-state index contributed by atoms with van der Waals surface area (Å²) in [6.45, 7) is 9.16. The minimum Gasteiger partial charge on any atom is -0.490 e. The second kappa shape index (κ2) is 11.1. The van der Waals surface area contributed by atoms with Crippen LogP contribution in [0.25, 0.3) is 0 Å². The summed E-state index contributed by atoms with van der Waals surface area (Å²) in [7, 11) is 3.04. The number of esters is 1. The van der Waals surface area contributed by atoms with Gasteiger partial charge in [-0.05, 0) is 51.5 Å². The van der Waals surface area contributed by atoms with Crippen molar-refractivity contribution in [2.24, 2.45) is 4.99 Å². The Hall–Kier alpha value is -3.16. The molecular weight excluding hydrogens is 386 g/mol. The molecule has 0 saturated heterocycles. The maximum atomic E-state index is 11.7. The summed E-state index contributed by atoms with van der Waals surface area (Å²) >= 11 is 0. The van der Waals surface area contributed by atoms with Gasteiger partial charge in [0.05, 0.1) is 32.9 Å². The van der Waals surface area contributed by atoms with Crippen molar-refractivity contribution < 1.29 is 23.4 Å². The molecule has 2 rings (SSSR count). The van der Waals surface area contributed by atoms with Crippen molar-refractivity contribution in [2.45, 2.75) is 40.3 Å². The number of hydrogen-bond acceptors (Lipinski definition) is 6. The number of benzene rings is 1. The van der Waals surface area contributed by atoms with E-state index >= 15 is 0 Å². The highest BCUT2D eigenvalue weighted by Gasteiger charge is 2.16. The quantitative estimate of drug-likeness (QED) is 0.366. The molecule has 30 heavy (non-hydrogen) atoms. The van der Waals surface area contributed by atoms with Gasteiger partial charge in [0.2, 0.25) is 0 Å². The number of carbonyl (C=O) groups excluding carboxylic acids is 1. The molecule has 0 spiro atoms. The summed E-state index contributed by atoms with van der Waals surface area (Å²) in [5, 5.41) is 6.53. The van der Waals surface area contributed by atoms with Crippen molar-refractivity contribution in [1.82, 2.24) is 10.6 Å². The van der Waals surface area contributed by atoms with E-state index in [0.717, 1.165) is 17.1 Å². The molecule has 1 atom stereocenters. The van der Waals surface area contributed by atoms with Gasteiger partial charge in [-0.15, -0.1) is 0 Å². The molecule has 1 unspecified atom stereocenters. The molecule has 8 heteroatoms. The SMILES string of the molecule is CCOc1ccc(C(C)NC(=NC)NCc2cc(C(=O)OC)c(C)o2)cc1OCC. The number of nitrogens with zero attached hydrogens (tertiary/aromatic N) is 1. The van der Waals surface area contributed by atoms with Crippen molar-refractivity contribution in [3.63, 3.8) is 0 Å². The van der Waals surface area contributed by atoms with E-state index in [9.17, 15) is 4.79 Å². The number of aliphatic imine (C=N–C) groups is 1. The van der Waals surface area contributed by atoms with Crippen LogP contribution in [-0.4, -0.2) is 39.3 Å². The van der Waals surface area contributed by atoms with Gasteiger partial charge in [-0.2, -0.15) is 0 Å². The van der Waals surface area contributed by atoms with Gasteiger partial charge in [-0.25, -0.2) is 4.79 Å². The van der Waals surface area contributed by atoms with Crippen LogP contribution in [0.1, 0.15) is 54.3 Å². The molecular formula is C22H31N3O5. The first-order chi connectivity index (χ1) is 14.4. The molecule has 0 fully saturated rings. The molecule has 2 N–H and O–H groups in total. The third kappa shape index (κ3) is 5.92. The summed E-state index contributed by atoms with van der Waals surface area (Å²) < 4.78 is 21.7. The second-order valence-electron chi connectivity index (χ2n) is 6.54. The molecule has 0 aliphatic rings. The Kier molecular flexibility index (Phi) is 8.58. The Bertz CT molecular complexity index is 876. The first kappa shape index (κ1) is 23.1. The topological polar surface area (TPSA) is 94.3 Å². The molecule has 0 amide bonds. The van der Waals surface area contributed by atoms with Gasteiger partial charge in [-0.1, -0.05) is 6.07 Å². The van der Waals surface area contributed by atoms with Crippen LogP contribution in [-0.2, 0) is 11.3 Å². The Balaban J connectivity index is 2.03. The zero-order valence-electron chi connectivity index (χ0n) is 18.5. The third-order valence-electron chi connectivity index (χ3n) is 4.45. The van der Waals surface area contributed by atoms with Crippen LogP contribution in [0.5, 0.6) is 11.5 Å². The van der Waals surface area contributed by atoms with Crippen molar-refractivity contribution in [2.75, 3.05) is 27.4 Å². The number of guanidine groups is 1. The second-order valence-corrected chi connectivity index (χ2v) is 6.54. The Morgan fingerprint density at radius 3 is 2.50 bits per heavy atom. The van der Waals surface area contributed by atoms with Crippen LogP contribution in [0.15, 0.2) is 33.7 Å². The minimum absolute atomic E-state index is 0.0324. The zero-order chi connectivity index (χ0) is 22.1. The molecule has 164 valence electrons. The van der Waals surface area contributed by atoms with Crippen molar-refractivity contribution in [1.29, 1.82) is 0 Å². The molecule has 1 heterocycles. The Labute approximate surface area is 177 Å². The standard InChI is InChI=1S/C22H31N3O5/c1-7-28-19-10-9-16(11-20(19)29-8-2)14(3)25-22(23-5)24-13-17-12-18(15(4)30-17)21(26)27-6/h9-12,14H,7-8,13H2,1-6H3,(H2,23,24,25). The number of nitrogens with one attached hydrogen (secondary N) is 2. The van der Waals surface area contributed by atoms with Crippen LogP contribution < -0.4 is 20.1 Å². The molecule has 0 bridgehead atoms. The molecule has 0 saturated carbocycles. The van der Waals surface area contributed by atoms with E-state index in [-0.39, 0.29) is 6.04 Å². The van der Waals surface area contributed by atoms with E-state index in [2.05, 4.69) is 15.6 Å². The number of rotatable bonds is 9. The van der Waals surface area contributed by atoms with Gasteiger partial charge in [0.25, 0.3) is 0 Å². The number of carbonyl (C=O) groups is 1. The van der Waals surface area contributed by atoms with Crippen molar-refractivity contribution >= 4 is 11.9 Å². The van der Waals surface area contributed by atoms with Crippen LogP contribution in [0.3, 0.4) is 0 Å². The van der Waals surface area contributed by atoms with Crippen LogP contribution in [0.4, 0.5) is 0 Å². The van der Waals surface area contributed by atoms with Crippen molar-refractivity contribution in [3.8, 4) is 11.5 Å². The summed E-state index contributed by atoms with van der Waals surface area (Å²) in [6, 6.07) is 7.52. The fourth-order valence-electron chi connectivity index (χ4n) is 2.93. The lowest BCUT2D eigenvalue weighted by atomic mass is 10.1. The molecule has 1 aromatic carbocycles. The molecule has 0 radical (unpaired) electrons. The highest BCUT2D eigenvalue weighted by Crippen LogP contribution is 2.30. The van der Waals surface area contributed by atoms with E-state index in [0.29, 0.717) is 42.8 Å². The molecule has 0 aliphatic heterocycles. The summed E-state index contributed by atoms with van der Waals surface area (Å²) in [5.41, 5.74) is 1.45. The molecule has 8 nitrogen and oxygen atoms in total. The predicted molar refractivity (Wildman–Crippen MR) is 115 cm³/mol. The van der Waals surface area contributed by atoms with E-state index < -0.39 is 5.97 Å². The predicted octanol–water partition coefficient (Wildman–Crippen LogP) is 3.60. The molecule has 0 aliphatic carbocycles. The lowest BCUT2D eigenvalue weighted by Crippen LogP contribution is -2.38. The fraction of sp³-hybridized carbons (Fsp3) is 0.455. The Morgan fingerprint density at radius 1 is 1.17 bits per heavy atom. The van der Waals surface area contributed by atoms with Gasteiger partial charge in [0.1, 0.15) is 17.1 Å². The van der Waals surface area contributed by atoms with E-state index in [1.165, 1.54) is 7.11 Å². The lowest BCUT2D eigenvalue weighted by Gasteiger charge is -2.19. The number of furan rings is 1. The number of ether oxygens (including phenoxy) is 3. The average Bonchev–Trinajstić information content (AvgIpc) is 3.12. The highest BCUT2D eigenvalue weighted by atomic mass is 16.5. The zero-order valence-corrected chi connectivity index (χ0v) is 18.5. The van der Waals surface area contributed by atoms with Crippen LogP contribution in [0.2, 0.25) is 0 Å². The monoisotopic (exact) mass is 417 g/mol. The maximum Gasteiger partial charge on any atom is 0.341 e. The summed E-state index contributed by atoms with van der Waals surface area (Å²) in [4.78, 5) is 16.0. The maximum absolute atomic E-state index is 11.7. The van der Waals surface area contributed by atoms with Gasteiger partial charge in [-0.3, -0.25) is 4.99 Å². The first-order valence-electron chi connectivity index (χ1n) is 9.97. The number of aryl methyl sites for hydroxylation is 1. The number of hydrogen-bond donors (Lipinski definition) is 2. The largest absolute Gasteiger partial charge is 0.490 e. The van der Waals surface area contributed by atoms with E-state index in [1.54, 1.807) is 20.0 Å². The fourth-order valence-corrected chi connectivity index (χ4v) is 2.93. The van der Waals surface area contributed by atoms with Crippen LogP contribution >= 0.6 is 0 Å². The molecule has 2 aromatic rings.